The molecule has 2 unspecified atom stereocenters. The average molecular weight is 457 g/mol. The molecule has 0 radical (unpaired) electrons. The maximum Gasteiger partial charge on any atom is 0.253 e. The van der Waals surface area contributed by atoms with Crippen molar-refractivity contribution in [3.05, 3.63) is 83.4 Å². The fraction of sp³-hybridized carbons (Fsp3) is 0.433. The second kappa shape index (κ2) is 10.3. The molecule has 0 spiro atoms. The lowest BCUT2D eigenvalue weighted by Gasteiger charge is -2.33. The van der Waals surface area contributed by atoms with Crippen molar-refractivity contribution >= 4 is 16.7 Å². The van der Waals surface area contributed by atoms with Crippen LogP contribution in [-0.4, -0.2) is 41.1 Å². The van der Waals surface area contributed by atoms with Gasteiger partial charge in [0.2, 0.25) is 0 Å². The molecule has 4 nitrogen and oxygen atoms in total. The Morgan fingerprint density at radius 1 is 0.941 bits per heavy atom. The van der Waals surface area contributed by atoms with Crippen LogP contribution < -0.4 is 5.32 Å². The van der Waals surface area contributed by atoms with Gasteiger partial charge in [-0.1, -0.05) is 61.0 Å². The zero-order valence-electron chi connectivity index (χ0n) is 20.1. The smallest absolute Gasteiger partial charge is 0.253 e. The van der Waals surface area contributed by atoms with E-state index in [1.807, 2.05) is 17.0 Å². The van der Waals surface area contributed by atoms with E-state index in [2.05, 4.69) is 66.8 Å². The zero-order chi connectivity index (χ0) is 23.5. The number of nitrogens with zero attached hydrogens (tertiary/aromatic N) is 1. The Kier molecular flexibility index (Phi) is 6.98. The Morgan fingerprint density at radius 3 is 2.47 bits per heavy atom. The van der Waals surface area contributed by atoms with Crippen molar-refractivity contribution < 1.29 is 9.90 Å². The summed E-state index contributed by atoms with van der Waals surface area (Å²) in [5.74, 6) is 0.616. The highest BCUT2D eigenvalue weighted by Gasteiger charge is 2.26. The van der Waals surface area contributed by atoms with Crippen LogP contribution in [0.2, 0.25) is 0 Å². The summed E-state index contributed by atoms with van der Waals surface area (Å²) in [5.41, 5.74) is 3.47. The largest absolute Gasteiger partial charge is 0.393 e. The number of hydrogen-bond acceptors (Lipinski definition) is 3. The number of aliphatic hydroxyl groups is 1. The average Bonchev–Trinajstić information content (AvgIpc) is 2.88. The summed E-state index contributed by atoms with van der Waals surface area (Å²) in [6.45, 7) is 3.57. The van der Waals surface area contributed by atoms with E-state index in [-0.39, 0.29) is 12.0 Å². The van der Waals surface area contributed by atoms with Gasteiger partial charge in [-0.15, -0.1) is 0 Å². The number of amides is 1. The second-order valence-electron chi connectivity index (χ2n) is 10.2. The molecular weight excluding hydrogens is 420 g/mol. The number of benzene rings is 3. The summed E-state index contributed by atoms with van der Waals surface area (Å²) in [5, 5.41) is 16.3. The maximum atomic E-state index is 12.8. The third kappa shape index (κ3) is 5.03. The van der Waals surface area contributed by atoms with Crippen LogP contribution in [0.5, 0.6) is 0 Å². The number of carbonyl (C=O) groups excluding carboxylic acids is 1. The first kappa shape index (κ1) is 23.1. The highest BCUT2D eigenvalue weighted by atomic mass is 16.3. The molecule has 0 aromatic heterocycles. The third-order valence-electron chi connectivity index (χ3n) is 7.83. The van der Waals surface area contributed by atoms with Gasteiger partial charge in [-0.3, -0.25) is 4.79 Å². The highest BCUT2D eigenvalue weighted by molar-refractivity contribution is 5.94. The predicted molar refractivity (Wildman–Crippen MR) is 138 cm³/mol. The lowest BCUT2D eigenvalue weighted by molar-refractivity contribution is 0.0546. The molecule has 2 fully saturated rings. The van der Waals surface area contributed by atoms with Gasteiger partial charge in [-0.25, -0.2) is 0 Å². The van der Waals surface area contributed by atoms with Gasteiger partial charge >= 0.3 is 0 Å². The molecule has 3 aromatic rings. The molecule has 1 aliphatic heterocycles. The number of nitrogens with one attached hydrogen (secondary N) is 1. The molecule has 1 aliphatic carbocycles. The van der Waals surface area contributed by atoms with Crippen molar-refractivity contribution in [2.75, 3.05) is 13.1 Å². The van der Waals surface area contributed by atoms with E-state index in [0.29, 0.717) is 43.9 Å². The molecule has 178 valence electrons. The molecule has 34 heavy (non-hydrogen) atoms. The van der Waals surface area contributed by atoms with Crippen LogP contribution in [0.3, 0.4) is 0 Å². The first-order valence-corrected chi connectivity index (χ1v) is 12.9. The van der Waals surface area contributed by atoms with Crippen LogP contribution in [0.4, 0.5) is 0 Å². The first-order valence-electron chi connectivity index (χ1n) is 12.9. The van der Waals surface area contributed by atoms with E-state index >= 15 is 0 Å². The lowest BCUT2D eigenvalue weighted by Crippen LogP contribution is -2.40. The third-order valence-corrected chi connectivity index (χ3v) is 7.83. The number of fused-ring (bicyclic) bond motifs is 1. The summed E-state index contributed by atoms with van der Waals surface area (Å²) in [6.07, 6.45) is 5.87. The van der Waals surface area contributed by atoms with E-state index in [0.717, 1.165) is 12.0 Å². The Labute approximate surface area is 203 Å². The van der Waals surface area contributed by atoms with Crippen LogP contribution in [0.25, 0.3) is 10.8 Å². The van der Waals surface area contributed by atoms with Gasteiger partial charge in [0, 0.05) is 30.7 Å². The van der Waals surface area contributed by atoms with Crippen molar-refractivity contribution in [1.29, 1.82) is 0 Å². The van der Waals surface area contributed by atoms with Crippen molar-refractivity contribution in [1.82, 2.24) is 10.2 Å². The van der Waals surface area contributed by atoms with Gasteiger partial charge in [0.25, 0.3) is 5.91 Å². The predicted octanol–water partition coefficient (Wildman–Crippen LogP) is 5.81. The number of likely N-dealkylation sites (tertiary alicyclic amines) is 1. The molecule has 1 saturated carbocycles. The molecular formula is C30H36N2O2. The lowest BCUT2D eigenvalue weighted by atomic mass is 9.80. The van der Waals surface area contributed by atoms with E-state index < -0.39 is 0 Å². The summed E-state index contributed by atoms with van der Waals surface area (Å²) in [7, 11) is 0. The van der Waals surface area contributed by atoms with Crippen LogP contribution in [0.1, 0.15) is 78.9 Å². The molecule has 1 heterocycles. The molecule has 5 rings (SSSR count). The van der Waals surface area contributed by atoms with E-state index in [9.17, 15) is 9.90 Å². The summed E-state index contributed by atoms with van der Waals surface area (Å²) in [6, 6.07) is 24.3. The molecule has 1 amide bonds. The molecule has 0 bridgehead atoms. The van der Waals surface area contributed by atoms with Crippen molar-refractivity contribution in [3.8, 4) is 0 Å². The minimum absolute atomic E-state index is 0.0885. The fourth-order valence-electron chi connectivity index (χ4n) is 5.86. The molecule has 4 heteroatoms. The minimum atomic E-state index is -0.261. The zero-order valence-corrected chi connectivity index (χ0v) is 20.1. The maximum absolute atomic E-state index is 12.8. The molecule has 1 saturated heterocycles. The van der Waals surface area contributed by atoms with Gasteiger partial charge in [0.1, 0.15) is 0 Å². The van der Waals surface area contributed by atoms with Gasteiger partial charge in [0.15, 0.2) is 0 Å². The van der Waals surface area contributed by atoms with Crippen molar-refractivity contribution in [2.45, 2.75) is 69.6 Å². The van der Waals surface area contributed by atoms with Crippen molar-refractivity contribution in [3.63, 3.8) is 0 Å². The number of aliphatic hydroxyl groups excluding tert-OH is 1. The normalized spacial score (nSPS) is 22.6. The molecule has 3 atom stereocenters. The van der Waals surface area contributed by atoms with Crippen molar-refractivity contribution in [2.24, 2.45) is 0 Å². The van der Waals surface area contributed by atoms with Gasteiger partial charge in [-0.05, 0) is 79.0 Å². The van der Waals surface area contributed by atoms with Gasteiger partial charge in [0.05, 0.1) is 6.10 Å². The molecule has 2 N–H and O–H groups in total. The van der Waals surface area contributed by atoms with Gasteiger partial charge in [-0.2, -0.15) is 0 Å². The summed E-state index contributed by atoms with van der Waals surface area (Å²) >= 11 is 0. The Hall–Kier alpha value is -2.69. The van der Waals surface area contributed by atoms with Gasteiger partial charge < -0.3 is 15.3 Å². The summed E-state index contributed by atoms with van der Waals surface area (Å²) < 4.78 is 0. The van der Waals surface area contributed by atoms with Crippen LogP contribution in [0, 0.1) is 0 Å². The SMILES string of the molecule is C[C@@H](NC1CCCC(c2ccc(C(=O)N3CCC(O)CC3)cc2)C1)c1cccc2ccccc12. The van der Waals surface area contributed by atoms with E-state index in [4.69, 9.17) is 0 Å². The molecule has 2 aliphatic rings. The monoisotopic (exact) mass is 456 g/mol. The minimum Gasteiger partial charge on any atom is -0.393 e. The first-order chi connectivity index (χ1) is 16.6. The Bertz CT molecular complexity index is 1110. The number of piperidine rings is 1. The van der Waals surface area contributed by atoms with E-state index in [1.54, 1.807) is 0 Å². The van der Waals surface area contributed by atoms with E-state index in [1.165, 1.54) is 41.2 Å². The van der Waals surface area contributed by atoms with Crippen LogP contribution >= 0.6 is 0 Å². The van der Waals surface area contributed by atoms with Crippen LogP contribution in [-0.2, 0) is 0 Å². The number of carbonyl (C=O) groups is 1. The second-order valence-corrected chi connectivity index (χ2v) is 10.2. The summed E-state index contributed by atoms with van der Waals surface area (Å²) in [4.78, 5) is 14.7. The standard InChI is InChI=1S/C30H36N2O2/c1-21(28-11-5-7-23-6-2-3-10-29(23)28)31-26-9-4-8-25(20-26)22-12-14-24(15-13-22)30(34)32-18-16-27(33)17-19-32/h2-3,5-7,10-15,21,25-27,31,33H,4,8-9,16-20H2,1H3/t21-,25?,26?/m1/s1. The quantitative estimate of drug-likeness (QED) is 0.509. The fourth-order valence-corrected chi connectivity index (χ4v) is 5.86. The highest BCUT2D eigenvalue weighted by Crippen LogP contribution is 2.35. The molecule has 3 aromatic carbocycles. The number of hydrogen-bond donors (Lipinski definition) is 2. The number of rotatable bonds is 5. The topological polar surface area (TPSA) is 52.6 Å². The Morgan fingerprint density at radius 2 is 1.68 bits per heavy atom. The van der Waals surface area contributed by atoms with Crippen LogP contribution in [0.15, 0.2) is 66.7 Å². The Balaban J connectivity index is 1.22.